The van der Waals surface area contributed by atoms with E-state index in [4.69, 9.17) is 4.74 Å². The smallest absolute Gasteiger partial charge is 0.409 e. The van der Waals surface area contributed by atoms with Crippen LogP contribution in [0, 0.1) is 17.0 Å². The zero-order chi connectivity index (χ0) is 24.1. The molecule has 3 heterocycles. The molecule has 14 nitrogen and oxygen atoms in total. The molecule has 1 N–H and O–H groups in total. The van der Waals surface area contributed by atoms with Crippen molar-refractivity contribution < 1.29 is 24.0 Å². The molecule has 1 fully saturated rings. The van der Waals surface area contributed by atoms with E-state index >= 15 is 0 Å². The normalized spacial score (nSPS) is 14.6. The number of nitrogens with zero attached hydrogens (tertiary/aromatic N) is 7. The van der Waals surface area contributed by atoms with Crippen molar-refractivity contribution in [2.45, 2.75) is 33.4 Å². The van der Waals surface area contributed by atoms with E-state index in [0.29, 0.717) is 44.2 Å². The Kier molecular flexibility index (Phi) is 7.25. The second-order valence-corrected chi connectivity index (χ2v) is 7.50. The highest BCUT2D eigenvalue weighted by Crippen LogP contribution is 2.19. The summed E-state index contributed by atoms with van der Waals surface area (Å²) in [6.45, 7) is 6.80. The van der Waals surface area contributed by atoms with Crippen molar-refractivity contribution in [3.8, 4) is 0 Å². The van der Waals surface area contributed by atoms with Crippen LogP contribution >= 0.6 is 0 Å². The second kappa shape index (κ2) is 10.1. The molecule has 0 bridgehead atoms. The maximum absolute atomic E-state index is 12.9. The molecule has 178 valence electrons. The number of aryl methyl sites for hydroxylation is 1. The second-order valence-electron chi connectivity index (χ2n) is 7.50. The first-order valence-electron chi connectivity index (χ1n) is 10.4. The van der Waals surface area contributed by atoms with E-state index in [1.807, 2.05) is 0 Å². The number of anilines is 1. The van der Waals surface area contributed by atoms with Gasteiger partial charge in [0.25, 0.3) is 0 Å². The van der Waals surface area contributed by atoms with Gasteiger partial charge in [0.15, 0.2) is 0 Å². The van der Waals surface area contributed by atoms with Gasteiger partial charge in [-0.3, -0.25) is 29.1 Å². The predicted molar refractivity (Wildman–Crippen MR) is 114 cm³/mol. The summed E-state index contributed by atoms with van der Waals surface area (Å²) in [6, 6.07) is -0.614. The van der Waals surface area contributed by atoms with E-state index in [0.717, 1.165) is 17.1 Å². The van der Waals surface area contributed by atoms with Crippen LogP contribution in [0.25, 0.3) is 0 Å². The Hall–Kier alpha value is -3.97. The van der Waals surface area contributed by atoms with Crippen LogP contribution in [0.15, 0.2) is 18.6 Å². The van der Waals surface area contributed by atoms with E-state index in [2.05, 4.69) is 15.5 Å². The van der Waals surface area contributed by atoms with E-state index < -0.39 is 16.9 Å². The van der Waals surface area contributed by atoms with Gasteiger partial charge < -0.3 is 19.9 Å². The molecule has 2 aromatic rings. The molecule has 1 aliphatic heterocycles. The van der Waals surface area contributed by atoms with Crippen LogP contribution in [0.1, 0.15) is 25.6 Å². The minimum Gasteiger partial charge on any atom is -0.450 e. The number of hydrogen-bond acceptors (Lipinski definition) is 8. The number of nitro groups is 1. The first kappa shape index (κ1) is 23.7. The van der Waals surface area contributed by atoms with Gasteiger partial charge in [0.1, 0.15) is 25.0 Å². The highest BCUT2D eigenvalue weighted by molar-refractivity contribution is 5.91. The first-order chi connectivity index (χ1) is 15.7. The molecule has 0 aliphatic carbocycles. The van der Waals surface area contributed by atoms with Crippen LogP contribution in [0.5, 0.6) is 0 Å². The van der Waals surface area contributed by atoms with Crippen LogP contribution in [-0.4, -0.2) is 85.0 Å². The lowest BCUT2D eigenvalue weighted by atomic mass is 10.2. The Morgan fingerprint density at radius 2 is 1.88 bits per heavy atom. The van der Waals surface area contributed by atoms with Gasteiger partial charge in [0, 0.05) is 32.4 Å². The molecule has 1 saturated heterocycles. The standard InChI is InChI=1S/C19H26N8O6/c1-4-33-19(30)24-7-5-23(6-8-24)18(29)14(3)26-11-16(13(2)22-26)21-17(28)12-25-10-15(9-20-25)27(31)32/h9-11,14H,4-8,12H2,1-3H3,(H,21,28). The van der Waals surface area contributed by atoms with Crippen molar-refractivity contribution in [3.63, 3.8) is 0 Å². The molecule has 0 spiro atoms. The number of hydrogen-bond donors (Lipinski definition) is 1. The maximum atomic E-state index is 12.9. The first-order valence-corrected chi connectivity index (χ1v) is 10.4. The molecule has 3 amide bonds. The van der Waals surface area contributed by atoms with Gasteiger partial charge in [0.2, 0.25) is 11.8 Å². The molecular formula is C19H26N8O6. The topological polar surface area (TPSA) is 158 Å². The van der Waals surface area contributed by atoms with Crippen molar-refractivity contribution in [1.29, 1.82) is 0 Å². The van der Waals surface area contributed by atoms with Gasteiger partial charge in [-0.05, 0) is 20.8 Å². The minimum absolute atomic E-state index is 0.150. The summed E-state index contributed by atoms with van der Waals surface area (Å²) in [4.78, 5) is 50.4. The number of ether oxygens (including phenoxy) is 1. The van der Waals surface area contributed by atoms with Gasteiger partial charge in [0.05, 0.1) is 22.9 Å². The highest BCUT2D eigenvalue weighted by Gasteiger charge is 2.29. The Balaban J connectivity index is 1.57. The zero-order valence-electron chi connectivity index (χ0n) is 18.6. The number of aromatic nitrogens is 4. The molecule has 0 saturated carbocycles. The van der Waals surface area contributed by atoms with Crippen molar-refractivity contribution in [3.05, 3.63) is 34.4 Å². The van der Waals surface area contributed by atoms with Gasteiger partial charge >= 0.3 is 11.8 Å². The molecular weight excluding hydrogens is 436 g/mol. The molecule has 0 radical (unpaired) electrons. The maximum Gasteiger partial charge on any atom is 0.409 e. The molecule has 3 rings (SSSR count). The third kappa shape index (κ3) is 5.64. The van der Waals surface area contributed by atoms with Crippen LogP contribution in [0.4, 0.5) is 16.2 Å². The van der Waals surface area contributed by atoms with Crippen molar-refractivity contribution >= 4 is 29.3 Å². The van der Waals surface area contributed by atoms with Crippen LogP contribution < -0.4 is 5.32 Å². The number of carbonyl (C=O) groups is 3. The average Bonchev–Trinajstić information content (AvgIpc) is 3.40. The third-order valence-electron chi connectivity index (χ3n) is 5.20. The fourth-order valence-electron chi connectivity index (χ4n) is 3.37. The highest BCUT2D eigenvalue weighted by atomic mass is 16.6. The van der Waals surface area contributed by atoms with Crippen molar-refractivity contribution in [1.82, 2.24) is 29.4 Å². The monoisotopic (exact) mass is 462 g/mol. The lowest BCUT2D eigenvalue weighted by molar-refractivity contribution is -0.385. The fourth-order valence-corrected chi connectivity index (χ4v) is 3.37. The quantitative estimate of drug-likeness (QED) is 0.467. The van der Waals surface area contributed by atoms with Crippen LogP contribution in [-0.2, 0) is 20.9 Å². The Labute approximate surface area is 189 Å². The van der Waals surface area contributed by atoms with Crippen molar-refractivity contribution in [2.75, 3.05) is 38.1 Å². The number of carbonyl (C=O) groups excluding carboxylic acids is 3. The number of rotatable bonds is 7. The Morgan fingerprint density at radius 3 is 2.48 bits per heavy atom. The van der Waals surface area contributed by atoms with E-state index in [9.17, 15) is 24.5 Å². The summed E-state index contributed by atoms with van der Waals surface area (Å²) < 4.78 is 7.63. The van der Waals surface area contributed by atoms with E-state index in [1.54, 1.807) is 36.8 Å². The van der Waals surface area contributed by atoms with Gasteiger partial charge in [-0.2, -0.15) is 10.2 Å². The summed E-state index contributed by atoms with van der Waals surface area (Å²) in [5.41, 5.74) is 0.734. The summed E-state index contributed by atoms with van der Waals surface area (Å²) in [5.74, 6) is -0.590. The van der Waals surface area contributed by atoms with E-state index in [1.165, 1.54) is 4.68 Å². The molecule has 2 aromatic heterocycles. The fraction of sp³-hybridized carbons (Fsp3) is 0.526. The number of amides is 3. The average molecular weight is 462 g/mol. The van der Waals surface area contributed by atoms with Crippen LogP contribution in [0.3, 0.4) is 0 Å². The third-order valence-corrected chi connectivity index (χ3v) is 5.20. The lowest BCUT2D eigenvalue weighted by Gasteiger charge is -2.35. The van der Waals surface area contributed by atoms with Crippen LogP contribution in [0.2, 0.25) is 0 Å². The van der Waals surface area contributed by atoms with Gasteiger partial charge in [-0.15, -0.1) is 0 Å². The Morgan fingerprint density at radius 1 is 1.21 bits per heavy atom. The van der Waals surface area contributed by atoms with Gasteiger partial charge in [-0.25, -0.2) is 4.79 Å². The molecule has 14 heteroatoms. The molecule has 33 heavy (non-hydrogen) atoms. The SMILES string of the molecule is CCOC(=O)N1CCN(C(=O)C(C)n2cc(NC(=O)Cn3cc([N+](=O)[O-])cn3)c(C)n2)CC1. The number of piperazine rings is 1. The Bertz CT molecular complexity index is 1040. The van der Waals surface area contributed by atoms with Crippen molar-refractivity contribution in [2.24, 2.45) is 0 Å². The zero-order valence-corrected chi connectivity index (χ0v) is 18.6. The molecule has 1 unspecified atom stereocenters. The summed E-state index contributed by atoms with van der Waals surface area (Å²) in [5, 5.41) is 21.5. The lowest BCUT2D eigenvalue weighted by Crippen LogP contribution is -2.52. The summed E-state index contributed by atoms with van der Waals surface area (Å²) >= 11 is 0. The summed E-state index contributed by atoms with van der Waals surface area (Å²) in [6.07, 6.45) is 3.41. The van der Waals surface area contributed by atoms with Gasteiger partial charge in [-0.1, -0.05) is 0 Å². The molecule has 1 aliphatic rings. The molecule has 1 atom stereocenters. The van der Waals surface area contributed by atoms with E-state index in [-0.39, 0.29) is 24.2 Å². The summed E-state index contributed by atoms with van der Waals surface area (Å²) in [7, 11) is 0. The largest absolute Gasteiger partial charge is 0.450 e. The predicted octanol–water partition coefficient (Wildman–Crippen LogP) is 0.797. The number of nitrogens with one attached hydrogen (secondary N) is 1. The minimum atomic E-state index is -0.614. The molecule has 0 aromatic carbocycles.